The van der Waals surface area contributed by atoms with Crippen molar-refractivity contribution in [3.63, 3.8) is 0 Å². The predicted octanol–water partition coefficient (Wildman–Crippen LogP) is 2.09. The molecule has 1 N–H and O–H groups in total. The minimum atomic E-state index is -0.713. The standard InChI is InChI=1S/C16H24N2O2S/c1-4-20-15(19)16(2,18-11-9-17-10-12-18)13-5-7-14(21-3)8-6-13/h5-8,17H,4,9-12H2,1-3H3. The third-order valence-corrected chi connectivity index (χ3v) is 4.82. The highest BCUT2D eigenvalue weighted by Gasteiger charge is 2.42. The summed E-state index contributed by atoms with van der Waals surface area (Å²) in [6.07, 6.45) is 2.05. The van der Waals surface area contributed by atoms with Gasteiger partial charge in [-0.2, -0.15) is 0 Å². The van der Waals surface area contributed by atoms with Crippen LogP contribution >= 0.6 is 11.8 Å². The van der Waals surface area contributed by atoms with Gasteiger partial charge in [0.2, 0.25) is 0 Å². The quantitative estimate of drug-likeness (QED) is 0.666. The van der Waals surface area contributed by atoms with Crippen molar-refractivity contribution in [1.29, 1.82) is 0 Å². The molecule has 0 spiro atoms. The van der Waals surface area contributed by atoms with Gasteiger partial charge in [0.25, 0.3) is 0 Å². The van der Waals surface area contributed by atoms with E-state index in [4.69, 9.17) is 4.74 Å². The first-order valence-electron chi connectivity index (χ1n) is 7.40. The first-order valence-corrected chi connectivity index (χ1v) is 8.63. The second-order valence-corrected chi connectivity index (χ2v) is 6.14. The highest BCUT2D eigenvalue weighted by molar-refractivity contribution is 7.98. The summed E-state index contributed by atoms with van der Waals surface area (Å²) in [5.41, 5.74) is 0.287. The van der Waals surface area contributed by atoms with Gasteiger partial charge >= 0.3 is 5.97 Å². The van der Waals surface area contributed by atoms with Crippen LogP contribution in [-0.2, 0) is 15.1 Å². The molecule has 116 valence electrons. The Labute approximate surface area is 131 Å². The Balaban J connectivity index is 2.35. The minimum absolute atomic E-state index is 0.163. The highest BCUT2D eigenvalue weighted by atomic mass is 32.2. The monoisotopic (exact) mass is 308 g/mol. The van der Waals surface area contributed by atoms with Crippen LogP contribution in [0.4, 0.5) is 0 Å². The molecule has 1 aromatic rings. The molecule has 1 fully saturated rings. The highest BCUT2D eigenvalue weighted by Crippen LogP contribution is 2.31. The van der Waals surface area contributed by atoms with Crippen LogP contribution in [0.5, 0.6) is 0 Å². The maximum Gasteiger partial charge on any atom is 0.330 e. The molecule has 1 aliphatic heterocycles. The maximum absolute atomic E-state index is 12.6. The van der Waals surface area contributed by atoms with Crippen LogP contribution in [-0.4, -0.2) is 49.9 Å². The third kappa shape index (κ3) is 3.42. The zero-order valence-corrected chi connectivity index (χ0v) is 13.8. The van der Waals surface area contributed by atoms with Crippen molar-refractivity contribution >= 4 is 17.7 Å². The van der Waals surface area contributed by atoms with Gasteiger partial charge in [0.1, 0.15) is 5.54 Å². The van der Waals surface area contributed by atoms with Gasteiger partial charge in [0, 0.05) is 31.1 Å². The Hall–Kier alpha value is -1.04. The molecule has 1 aliphatic rings. The first kappa shape index (κ1) is 16.3. The van der Waals surface area contributed by atoms with Gasteiger partial charge in [-0.15, -0.1) is 11.8 Å². The molecule has 1 unspecified atom stereocenters. The number of rotatable bonds is 5. The van der Waals surface area contributed by atoms with Crippen molar-refractivity contribution in [2.45, 2.75) is 24.3 Å². The van der Waals surface area contributed by atoms with Gasteiger partial charge in [-0.3, -0.25) is 4.90 Å². The molecule has 5 heteroatoms. The molecule has 2 rings (SSSR count). The van der Waals surface area contributed by atoms with E-state index in [9.17, 15) is 4.79 Å². The number of nitrogens with zero attached hydrogens (tertiary/aromatic N) is 1. The average Bonchev–Trinajstić information content (AvgIpc) is 2.55. The van der Waals surface area contributed by atoms with E-state index in [-0.39, 0.29) is 5.97 Å². The molecule has 0 aromatic heterocycles. The van der Waals surface area contributed by atoms with E-state index < -0.39 is 5.54 Å². The number of carbonyl (C=O) groups is 1. The summed E-state index contributed by atoms with van der Waals surface area (Å²) in [5, 5.41) is 3.33. The lowest BCUT2D eigenvalue weighted by molar-refractivity contribution is -0.158. The third-order valence-electron chi connectivity index (χ3n) is 4.07. The lowest BCUT2D eigenvalue weighted by Crippen LogP contribution is -2.57. The lowest BCUT2D eigenvalue weighted by Gasteiger charge is -2.41. The Kier molecular flexibility index (Phi) is 5.67. The van der Waals surface area contributed by atoms with Crippen molar-refractivity contribution in [2.75, 3.05) is 39.0 Å². The SMILES string of the molecule is CCOC(=O)C(C)(c1ccc(SC)cc1)N1CCNCC1. The fraction of sp³-hybridized carbons (Fsp3) is 0.562. The topological polar surface area (TPSA) is 41.6 Å². The number of ether oxygens (including phenoxy) is 1. The Morgan fingerprint density at radius 3 is 2.48 bits per heavy atom. The van der Waals surface area contributed by atoms with E-state index in [0.29, 0.717) is 6.61 Å². The van der Waals surface area contributed by atoms with E-state index in [0.717, 1.165) is 31.7 Å². The van der Waals surface area contributed by atoms with Gasteiger partial charge in [0.05, 0.1) is 6.61 Å². The van der Waals surface area contributed by atoms with Crippen LogP contribution < -0.4 is 5.32 Å². The fourth-order valence-corrected chi connectivity index (χ4v) is 3.14. The maximum atomic E-state index is 12.6. The van der Waals surface area contributed by atoms with Gasteiger partial charge in [-0.05, 0) is 37.8 Å². The normalized spacial score (nSPS) is 19.0. The summed E-state index contributed by atoms with van der Waals surface area (Å²) in [4.78, 5) is 16.0. The van der Waals surface area contributed by atoms with Gasteiger partial charge in [-0.1, -0.05) is 12.1 Å². The van der Waals surface area contributed by atoms with Crippen molar-refractivity contribution in [3.05, 3.63) is 29.8 Å². The predicted molar refractivity (Wildman–Crippen MR) is 86.7 cm³/mol. The van der Waals surface area contributed by atoms with Crippen molar-refractivity contribution in [1.82, 2.24) is 10.2 Å². The fourth-order valence-electron chi connectivity index (χ4n) is 2.73. The van der Waals surface area contributed by atoms with Crippen LogP contribution in [0.3, 0.4) is 0 Å². The minimum Gasteiger partial charge on any atom is -0.464 e. The zero-order valence-electron chi connectivity index (χ0n) is 13.0. The number of hydrogen-bond donors (Lipinski definition) is 1. The Morgan fingerprint density at radius 2 is 1.95 bits per heavy atom. The second-order valence-electron chi connectivity index (χ2n) is 5.26. The second kappa shape index (κ2) is 7.29. The summed E-state index contributed by atoms with van der Waals surface area (Å²) < 4.78 is 5.37. The van der Waals surface area contributed by atoms with Crippen LogP contribution in [0, 0.1) is 0 Å². The molecular weight excluding hydrogens is 284 g/mol. The van der Waals surface area contributed by atoms with Crippen molar-refractivity contribution in [3.8, 4) is 0 Å². The number of benzene rings is 1. The molecule has 0 radical (unpaired) electrons. The molecule has 0 saturated carbocycles. The van der Waals surface area contributed by atoms with Gasteiger partial charge in [-0.25, -0.2) is 4.79 Å². The molecule has 0 amide bonds. The smallest absolute Gasteiger partial charge is 0.330 e. The largest absolute Gasteiger partial charge is 0.464 e. The van der Waals surface area contributed by atoms with E-state index in [2.05, 4.69) is 28.6 Å². The Morgan fingerprint density at radius 1 is 1.33 bits per heavy atom. The number of nitrogens with one attached hydrogen (secondary N) is 1. The summed E-state index contributed by atoms with van der Waals surface area (Å²) >= 11 is 1.70. The molecule has 1 atom stereocenters. The van der Waals surface area contributed by atoms with Crippen LogP contribution in [0.25, 0.3) is 0 Å². The van der Waals surface area contributed by atoms with Crippen LogP contribution in [0.15, 0.2) is 29.2 Å². The number of carbonyl (C=O) groups excluding carboxylic acids is 1. The van der Waals surface area contributed by atoms with E-state index in [1.54, 1.807) is 11.8 Å². The molecule has 0 bridgehead atoms. The number of piperazine rings is 1. The summed E-state index contributed by atoms with van der Waals surface area (Å²) in [6.45, 7) is 7.73. The molecule has 4 nitrogen and oxygen atoms in total. The Bertz CT molecular complexity index is 472. The first-order chi connectivity index (χ1) is 10.1. The number of hydrogen-bond acceptors (Lipinski definition) is 5. The molecule has 1 heterocycles. The van der Waals surface area contributed by atoms with Crippen LogP contribution in [0.2, 0.25) is 0 Å². The van der Waals surface area contributed by atoms with Crippen LogP contribution in [0.1, 0.15) is 19.4 Å². The average molecular weight is 308 g/mol. The van der Waals surface area contributed by atoms with Gasteiger partial charge in [0.15, 0.2) is 0 Å². The van der Waals surface area contributed by atoms with E-state index in [1.165, 1.54) is 4.90 Å². The van der Waals surface area contributed by atoms with E-state index in [1.807, 2.05) is 26.0 Å². The summed E-state index contributed by atoms with van der Waals surface area (Å²) in [7, 11) is 0. The van der Waals surface area contributed by atoms with Crippen molar-refractivity contribution < 1.29 is 9.53 Å². The molecular formula is C16H24N2O2S. The zero-order chi connectivity index (χ0) is 15.3. The number of thioether (sulfide) groups is 1. The summed E-state index contributed by atoms with van der Waals surface area (Å²) in [5.74, 6) is -0.163. The molecule has 0 aliphatic carbocycles. The molecule has 21 heavy (non-hydrogen) atoms. The lowest BCUT2D eigenvalue weighted by atomic mass is 9.89. The number of esters is 1. The molecule has 1 saturated heterocycles. The summed E-state index contributed by atoms with van der Waals surface area (Å²) in [6, 6.07) is 8.23. The molecule has 1 aromatic carbocycles. The van der Waals surface area contributed by atoms with Gasteiger partial charge < -0.3 is 10.1 Å². The van der Waals surface area contributed by atoms with E-state index >= 15 is 0 Å². The van der Waals surface area contributed by atoms with Crippen molar-refractivity contribution in [2.24, 2.45) is 0 Å².